The van der Waals surface area contributed by atoms with Crippen molar-refractivity contribution in [2.45, 2.75) is 11.7 Å². The number of rotatable bonds is 10. The highest BCUT2D eigenvalue weighted by Gasteiger charge is 2.20. The van der Waals surface area contributed by atoms with Gasteiger partial charge in [-0.15, -0.1) is 10.2 Å². The Morgan fingerprint density at radius 3 is 2.43 bits per heavy atom. The first kappa shape index (κ1) is 25.7. The number of methoxy groups -OCH3 is 2. The fourth-order valence-electron chi connectivity index (χ4n) is 3.43. The second-order valence-electron chi connectivity index (χ2n) is 7.66. The number of nitrogens with zero attached hydrogens (tertiary/aromatic N) is 3. The van der Waals surface area contributed by atoms with E-state index in [2.05, 4.69) is 20.8 Å². The summed E-state index contributed by atoms with van der Waals surface area (Å²) in [6.45, 7) is 0.0728. The number of ether oxygens (including phenoxy) is 2. The molecule has 0 spiro atoms. The summed E-state index contributed by atoms with van der Waals surface area (Å²) in [4.78, 5) is 25.1. The molecule has 0 aliphatic heterocycles. The topological polar surface area (TPSA) is 107 Å². The number of amides is 2. The van der Waals surface area contributed by atoms with Crippen LogP contribution in [-0.2, 0) is 11.3 Å². The van der Waals surface area contributed by atoms with Gasteiger partial charge in [-0.1, -0.05) is 30.0 Å². The highest BCUT2D eigenvalue weighted by Crippen LogP contribution is 2.32. The lowest BCUT2D eigenvalue weighted by atomic mass is 10.2. The number of thioether (sulfide) groups is 1. The van der Waals surface area contributed by atoms with Crippen molar-refractivity contribution in [3.8, 4) is 17.2 Å². The van der Waals surface area contributed by atoms with E-state index in [4.69, 9.17) is 9.47 Å². The van der Waals surface area contributed by atoms with Crippen molar-refractivity contribution < 1.29 is 23.5 Å². The molecular formula is C26H24FN5O4S. The number of carbonyl (C=O) groups is 2. The van der Waals surface area contributed by atoms with E-state index in [1.807, 2.05) is 6.07 Å². The minimum absolute atomic E-state index is 0.0121. The van der Waals surface area contributed by atoms with Crippen molar-refractivity contribution in [3.05, 3.63) is 90.0 Å². The monoisotopic (exact) mass is 521 g/mol. The van der Waals surface area contributed by atoms with Crippen LogP contribution in [0.4, 0.5) is 10.1 Å². The minimum atomic E-state index is -0.389. The fourth-order valence-corrected chi connectivity index (χ4v) is 4.20. The van der Waals surface area contributed by atoms with Crippen LogP contribution >= 0.6 is 11.8 Å². The molecule has 2 amide bonds. The predicted molar refractivity (Wildman–Crippen MR) is 138 cm³/mol. The van der Waals surface area contributed by atoms with Gasteiger partial charge < -0.3 is 20.1 Å². The maximum absolute atomic E-state index is 13.1. The molecule has 1 aromatic heterocycles. The average molecular weight is 522 g/mol. The summed E-state index contributed by atoms with van der Waals surface area (Å²) in [5, 5.41) is 14.5. The second kappa shape index (κ2) is 12.0. The third-order valence-corrected chi connectivity index (χ3v) is 6.16. The van der Waals surface area contributed by atoms with E-state index < -0.39 is 0 Å². The maximum atomic E-state index is 13.1. The maximum Gasteiger partial charge on any atom is 0.251 e. The van der Waals surface area contributed by atoms with E-state index in [-0.39, 0.29) is 29.9 Å². The number of halogens is 1. The standard InChI is InChI=1S/C26H24FN5O4S/c1-35-20-12-13-22(36-2)21(14-20)32-23(15-28-25(34)17-6-4-3-5-7-17)30-31-26(32)37-16-24(33)29-19-10-8-18(27)9-11-19/h3-14H,15-16H2,1-2H3,(H,28,34)(H,29,33). The summed E-state index contributed by atoms with van der Waals surface area (Å²) in [7, 11) is 3.09. The summed E-state index contributed by atoms with van der Waals surface area (Å²) < 4.78 is 25.8. The van der Waals surface area contributed by atoms with Gasteiger partial charge in [-0.3, -0.25) is 14.2 Å². The Hall–Kier alpha value is -4.38. The third kappa shape index (κ3) is 6.44. The molecule has 0 aliphatic carbocycles. The van der Waals surface area contributed by atoms with Crippen LogP contribution in [-0.4, -0.2) is 46.6 Å². The van der Waals surface area contributed by atoms with Gasteiger partial charge in [0.15, 0.2) is 11.0 Å². The Kier molecular flexibility index (Phi) is 8.37. The molecule has 0 bridgehead atoms. The Balaban J connectivity index is 1.58. The largest absolute Gasteiger partial charge is 0.497 e. The van der Waals surface area contributed by atoms with Gasteiger partial charge in [-0.2, -0.15) is 0 Å². The van der Waals surface area contributed by atoms with Crippen molar-refractivity contribution in [1.82, 2.24) is 20.1 Å². The van der Waals surface area contributed by atoms with Gasteiger partial charge in [0.05, 0.1) is 32.2 Å². The van der Waals surface area contributed by atoms with E-state index in [9.17, 15) is 14.0 Å². The van der Waals surface area contributed by atoms with Crippen LogP contribution in [0.5, 0.6) is 11.5 Å². The molecule has 190 valence electrons. The first-order valence-corrected chi connectivity index (χ1v) is 12.1. The van der Waals surface area contributed by atoms with E-state index in [0.717, 1.165) is 11.8 Å². The lowest BCUT2D eigenvalue weighted by molar-refractivity contribution is -0.113. The SMILES string of the molecule is COc1ccc(OC)c(-n2c(CNC(=O)c3ccccc3)nnc2SCC(=O)Nc2ccc(F)cc2)c1. The van der Waals surface area contributed by atoms with Crippen molar-refractivity contribution in [3.63, 3.8) is 0 Å². The Morgan fingerprint density at radius 1 is 0.973 bits per heavy atom. The highest BCUT2D eigenvalue weighted by molar-refractivity contribution is 7.99. The molecule has 9 nitrogen and oxygen atoms in total. The van der Waals surface area contributed by atoms with Crippen molar-refractivity contribution in [2.75, 3.05) is 25.3 Å². The van der Waals surface area contributed by atoms with Crippen molar-refractivity contribution in [1.29, 1.82) is 0 Å². The zero-order chi connectivity index (χ0) is 26.2. The molecule has 0 unspecified atom stereocenters. The fraction of sp³-hybridized carbons (Fsp3) is 0.154. The quantitative estimate of drug-likeness (QED) is 0.303. The molecule has 11 heteroatoms. The number of aromatic nitrogens is 3. The zero-order valence-corrected chi connectivity index (χ0v) is 20.9. The van der Waals surface area contributed by atoms with Crippen molar-refractivity contribution >= 4 is 29.3 Å². The van der Waals surface area contributed by atoms with Gasteiger partial charge in [0.1, 0.15) is 17.3 Å². The first-order valence-electron chi connectivity index (χ1n) is 11.2. The highest BCUT2D eigenvalue weighted by atomic mass is 32.2. The van der Waals surface area contributed by atoms with Crippen LogP contribution in [0.3, 0.4) is 0 Å². The van der Waals surface area contributed by atoms with Gasteiger partial charge in [-0.05, 0) is 48.5 Å². The zero-order valence-electron chi connectivity index (χ0n) is 20.1. The van der Waals surface area contributed by atoms with Crippen LogP contribution in [0.2, 0.25) is 0 Å². The number of nitrogens with one attached hydrogen (secondary N) is 2. The molecule has 0 aliphatic rings. The number of hydrogen-bond acceptors (Lipinski definition) is 7. The minimum Gasteiger partial charge on any atom is -0.497 e. The lowest BCUT2D eigenvalue weighted by Gasteiger charge is -2.15. The molecule has 0 fully saturated rings. The number of anilines is 1. The van der Waals surface area contributed by atoms with Gasteiger partial charge in [0.2, 0.25) is 5.91 Å². The molecule has 1 heterocycles. The average Bonchev–Trinajstić information content (AvgIpc) is 3.34. The molecule has 0 radical (unpaired) electrons. The van der Waals surface area contributed by atoms with E-state index >= 15 is 0 Å². The van der Waals surface area contributed by atoms with Crippen LogP contribution in [0, 0.1) is 5.82 Å². The molecular weight excluding hydrogens is 497 g/mol. The summed E-state index contributed by atoms with van der Waals surface area (Å²) in [5.41, 5.74) is 1.57. The van der Waals surface area contributed by atoms with Gasteiger partial charge >= 0.3 is 0 Å². The summed E-state index contributed by atoms with van der Waals surface area (Å²) in [6.07, 6.45) is 0. The normalized spacial score (nSPS) is 10.6. The Labute approximate surface area is 217 Å². The molecule has 0 atom stereocenters. The van der Waals surface area contributed by atoms with Gasteiger partial charge in [0.25, 0.3) is 5.91 Å². The number of carbonyl (C=O) groups excluding carboxylic acids is 2. The summed E-state index contributed by atoms with van der Waals surface area (Å²) >= 11 is 1.15. The van der Waals surface area contributed by atoms with Crippen LogP contribution in [0.1, 0.15) is 16.2 Å². The van der Waals surface area contributed by atoms with Crippen LogP contribution in [0.15, 0.2) is 78.0 Å². The third-order valence-electron chi connectivity index (χ3n) is 5.23. The molecule has 4 aromatic rings. The van der Waals surface area contributed by atoms with E-state index in [1.165, 1.54) is 31.4 Å². The molecule has 3 aromatic carbocycles. The molecule has 0 saturated carbocycles. The summed E-state index contributed by atoms with van der Waals surface area (Å²) in [5.74, 6) is 0.584. The second-order valence-corrected chi connectivity index (χ2v) is 8.61. The van der Waals surface area contributed by atoms with E-state index in [0.29, 0.717) is 39.4 Å². The van der Waals surface area contributed by atoms with Crippen LogP contribution in [0.25, 0.3) is 5.69 Å². The number of benzene rings is 3. The molecule has 4 rings (SSSR count). The molecule has 0 saturated heterocycles. The predicted octanol–water partition coefficient (Wildman–Crippen LogP) is 4.08. The summed E-state index contributed by atoms with van der Waals surface area (Å²) in [6, 6.07) is 19.6. The Morgan fingerprint density at radius 2 is 1.73 bits per heavy atom. The van der Waals surface area contributed by atoms with Crippen LogP contribution < -0.4 is 20.1 Å². The molecule has 37 heavy (non-hydrogen) atoms. The number of hydrogen-bond donors (Lipinski definition) is 2. The Bertz CT molecular complexity index is 1380. The van der Waals surface area contributed by atoms with Crippen molar-refractivity contribution in [2.24, 2.45) is 0 Å². The first-order chi connectivity index (χ1) is 18.0. The van der Waals surface area contributed by atoms with Gasteiger partial charge in [0, 0.05) is 17.3 Å². The van der Waals surface area contributed by atoms with E-state index in [1.54, 1.807) is 54.1 Å². The lowest BCUT2D eigenvalue weighted by Crippen LogP contribution is -2.24. The smallest absolute Gasteiger partial charge is 0.251 e. The molecule has 2 N–H and O–H groups in total. The van der Waals surface area contributed by atoms with Gasteiger partial charge in [-0.25, -0.2) is 4.39 Å².